The van der Waals surface area contributed by atoms with Crippen molar-refractivity contribution in [2.45, 2.75) is 50.9 Å². The van der Waals surface area contributed by atoms with E-state index in [1.54, 1.807) is 0 Å². The Morgan fingerprint density at radius 2 is 1.94 bits per heavy atom. The van der Waals surface area contributed by atoms with Crippen molar-refractivity contribution < 1.29 is 32.6 Å². The van der Waals surface area contributed by atoms with E-state index in [1.165, 1.54) is 5.56 Å². The largest absolute Gasteiger partial charge is 0.490 e. The molecule has 1 atom stereocenters. The number of nitrogens with zero attached hydrogens (tertiary/aromatic N) is 3. The van der Waals surface area contributed by atoms with Gasteiger partial charge in [0.2, 0.25) is 5.91 Å². The monoisotopic (exact) mass is 446 g/mol. The number of carboxylic acids is 1. The molecule has 174 valence electrons. The highest BCUT2D eigenvalue weighted by Crippen LogP contribution is 2.42. The second-order valence-corrected chi connectivity index (χ2v) is 8.62. The number of aliphatic carboxylic acids is 1. The molecule has 4 rings (SSSR count). The maximum absolute atomic E-state index is 12.2. The smallest absolute Gasteiger partial charge is 0.475 e. The van der Waals surface area contributed by atoms with Gasteiger partial charge in [0.25, 0.3) is 0 Å². The van der Waals surface area contributed by atoms with Crippen molar-refractivity contribution in [2.75, 3.05) is 26.3 Å². The number of likely N-dealkylation sites (tertiary alicyclic amines) is 1. The average Bonchev–Trinajstić information content (AvgIpc) is 3.48. The highest BCUT2D eigenvalue weighted by Gasteiger charge is 2.45. The minimum atomic E-state index is -5.08. The molecule has 3 heterocycles. The Labute approximate surface area is 178 Å². The molecule has 1 aromatic rings. The standard InChI is InChI=1S/C18H28N4O2.C2HF3O2/c1-21-11-14(10-19-21)12-22-7-4-18(5-8-22)6-9-24-13-16(18)20-17(23)15-2-3-15;3-2(4,5)1(6)7/h10-11,15-16H,2-9,12-13H2,1H3,(H,20,23);(H,6,7). The number of carboxylic acid groups (broad SMARTS) is 1. The predicted octanol–water partition coefficient (Wildman–Crippen LogP) is 1.95. The van der Waals surface area contributed by atoms with Crippen LogP contribution in [0.1, 0.15) is 37.7 Å². The van der Waals surface area contributed by atoms with Gasteiger partial charge in [-0.05, 0) is 50.6 Å². The van der Waals surface area contributed by atoms with Gasteiger partial charge in [0.05, 0.1) is 18.8 Å². The van der Waals surface area contributed by atoms with Gasteiger partial charge in [0.15, 0.2) is 0 Å². The number of aryl methyl sites for hydroxylation is 1. The van der Waals surface area contributed by atoms with E-state index in [-0.39, 0.29) is 23.3 Å². The van der Waals surface area contributed by atoms with Crippen molar-refractivity contribution in [1.29, 1.82) is 0 Å². The maximum atomic E-state index is 12.2. The molecule has 2 saturated heterocycles. The molecule has 1 amide bonds. The van der Waals surface area contributed by atoms with E-state index in [4.69, 9.17) is 14.6 Å². The normalized spacial score (nSPS) is 23.7. The van der Waals surface area contributed by atoms with Crippen molar-refractivity contribution in [2.24, 2.45) is 18.4 Å². The number of carbonyl (C=O) groups excluding carboxylic acids is 1. The first kappa shape index (κ1) is 23.5. The fraction of sp³-hybridized carbons (Fsp3) is 0.750. The van der Waals surface area contributed by atoms with Crippen molar-refractivity contribution >= 4 is 11.9 Å². The highest BCUT2D eigenvalue weighted by molar-refractivity contribution is 5.81. The fourth-order valence-electron chi connectivity index (χ4n) is 4.22. The van der Waals surface area contributed by atoms with E-state index < -0.39 is 12.1 Å². The lowest BCUT2D eigenvalue weighted by Gasteiger charge is -2.49. The Morgan fingerprint density at radius 1 is 1.29 bits per heavy atom. The summed E-state index contributed by atoms with van der Waals surface area (Å²) in [7, 11) is 1.96. The van der Waals surface area contributed by atoms with Crippen LogP contribution in [0.15, 0.2) is 12.4 Å². The molecule has 3 aliphatic rings. The number of amides is 1. The number of hydrogen-bond donors (Lipinski definition) is 2. The Bertz CT molecular complexity index is 771. The number of rotatable bonds is 4. The fourth-order valence-corrected chi connectivity index (χ4v) is 4.22. The first-order valence-electron chi connectivity index (χ1n) is 10.5. The van der Waals surface area contributed by atoms with Gasteiger partial charge < -0.3 is 15.2 Å². The SMILES string of the molecule is Cn1cc(CN2CCC3(CCOCC3NC(=O)C3CC3)CC2)cn1.O=C(O)C(F)(F)F. The average molecular weight is 446 g/mol. The first-order chi connectivity index (χ1) is 14.6. The number of halogens is 3. The number of piperidine rings is 1. The van der Waals surface area contributed by atoms with Crippen LogP contribution in [-0.2, 0) is 27.9 Å². The lowest BCUT2D eigenvalue weighted by molar-refractivity contribution is -0.192. The van der Waals surface area contributed by atoms with Crippen molar-refractivity contribution in [1.82, 2.24) is 20.0 Å². The van der Waals surface area contributed by atoms with Crippen LogP contribution in [0.25, 0.3) is 0 Å². The van der Waals surface area contributed by atoms with Crippen LogP contribution in [0.5, 0.6) is 0 Å². The van der Waals surface area contributed by atoms with E-state index >= 15 is 0 Å². The van der Waals surface area contributed by atoms with Crippen LogP contribution in [-0.4, -0.2) is 70.2 Å². The summed E-state index contributed by atoms with van der Waals surface area (Å²) in [6, 6.07) is 0.194. The van der Waals surface area contributed by atoms with E-state index in [2.05, 4.69) is 21.5 Å². The zero-order chi connectivity index (χ0) is 22.6. The number of ether oxygens (including phenoxy) is 1. The van der Waals surface area contributed by atoms with Crippen LogP contribution in [0.4, 0.5) is 13.2 Å². The number of alkyl halides is 3. The molecule has 0 bridgehead atoms. The summed E-state index contributed by atoms with van der Waals surface area (Å²) in [6.07, 6.45) is 4.45. The summed E-state index contributed by atoms with van der Waals surface area (Å²) in [5.41, 5.74) is 1.51. The Balaban J connectivity index is 0.000000339. The van der Waals surface area contributed by atoms with Gasteiger partial charge >= 0.3 is 12.1 Å². The molecule has 11 heteroatoms. The molecule has 1 aromatic heterocycles. The third-order valence-electron chi connectivity index (χ3n) is 6.29. The van der Waals surface area contributed by atoms with Gasteiger partial charge in [-0.25, -0.2) is 4.79 Å². The molecule has 1 unspecified atom stereocenters. The lowest BCUT2D eigenvalue weighted by Crippen LogP contribution is -2.57. The molecule has 31 heavy (non-hydrogen) atoms. The van der Waals surface area contributed by atoms with Gasteiger partial charge in [0.1, 0.15) is 0 Å². The summed E-state index contributed by atoms with van der Waals surface area (Å²) < 4.78 is 39.3. The second kappa shape index (κ2) is 9.56. The molecule has 2 N–H and O–H groups in total. The summed E-state index contributed by atoms with van der Waals surface area (Å²) in [5, 5.41) is 14.7. The summed E-state index contributed by atoms with van der Waals surface area (Å²) in [6.45, 7) is 4.66. The van der Waals surface area contributed by atoms with Crippen LogP contribution in [0.2, 0.25) is 0 Å². The Morgan fingerprint density at radius 3 is 2.45 bits per heavy atom. The van der Waals surface area contributed by atoms with E-state index in [0.29, 0.717) is 6.61 Å². The van der Waals surface area contributed by atoms with Crippen LogP contribution in [0.3, 0.4) is 0 Å². The Kier molecular flexibility index (Phi) is 7.25. The molecule has 3 fully saturated rings. The molecular weight excluding hydrogens is 417 g/mol. The molecule has 0 radical (unpaired) electrons. The molecule has 2 aliphatic heterocycles. The van der Waals surface area contributed by atoms with Crippen molar-refractivity contribution in [3.63, 3.8) is 0 Å². The molecular formula is C20H29F3N4O4. The molecule has 1 saturated carbocycles. The minimum Gasteiger partial charge on any atom is -0.475 e. The number of nitrogens with one attached hydrogen (secondary N) is 1. The van der Waals surface area contributed by atoms with Gasteiger partial charge in [0, 0.05) is 37.9 Å². The van der Waals surface area contributed by atoms with Crippen LogP contribution >= 0.6 is 0 Å². The number of aromatic nitrogens is 2. The van der Waals surface area contributed by atoms with Crippen LogP contribution in [0, 0.1) is 11.3 Å². The predicted molar refractivity (Wildman–Crippen MR) is 104 cm³/mol. The molecule has 1 aliphatic carbocycles. The topological polar surface area (TPSA) is 96.7 Å². The zero-order valence-corrected chi connectivity index (χ0v) is 17.5. The summed E-state index contributed by atoms with van der Waals surface area (Å²) in [4.78, 5) is 23.6. The quantitative estimate of drug-likeness (QED) is 0.734. The van der Waals surface area contributed by atoms with Gasteiger partial charge in [-0.15, -0.1) is 0 Å². The molecule has 1 spiro atoms. The summed E-state index contributed by atoms with van der Waals surface area (Å²) in [5.74, 6) is -2.23. The van der Waals surface area contributed by atoms with Gasteiger partial charge in [-0.2, -0.15) is 18.3 Å². The summed E-state index contributed by atoms with van der Waals surface area (Å²) >= 11 is 0. The van der Waals surface area contributed by atoms with Gasteiger partial charge in [-0.1, -0.05) is 0 Å². The second-order valence-electron chi connectivity index (χ2n) is 8.62. The zero-order valence-electron chi connectivity index (χ0n) is 17.5. The van der Waals surface area contributed by atoms with Crippen LogP contribution < -0.4 is 5.32 Å². The Hall–Kier alpha value is -2.14. The van der Waals surface area contributed by atoms with Crippen molar-refractivity contribution in [3.8, 4) is 0 Å². The number of carbonyl (C=O) groups is 2. The number of hydrogen-bond acceptors (Lipinski definition) is 5. The minimum absolute atomic E-state index is 0.194. The maximum Gasteiger partial charge on any atom is 0.490 e. The van der Waals surface area contributed by atoms with E-state index in [0.717, 1.165) is 58.3 Å². The first-order valence-corrected chi connectivity index (χ1v) is 10.5. The van der Waals surface area contributed by atoms with Crippen molar-refractivity contribution in [3.05, 3.63) is 18.0 Å². The van der Waals surface area contributed by atoms with E-state index in [9.17, 15) is 18.0 Å². The lowest BCUT2D eigenvalue weighted by atomic mass is 9.69. The highest BCUT2D eigenvalue weighted by atomic mass is 19.4. The van der Waals surface area contributed by atoms with Gasteiger partial charge in [-0.3, -0.25) is 14.4 Å². The third kappa shape index (κ3) is 6.42. The third-order valence-corrected chi connectivity index (χ3v) is 6.29. The molecule has 8 nitrogen and oxygen atoms in total. The molecule has 0 aromatic carbocycles. The van der Waals surface area contributed by atoms with E-state index in [1.807, 2.05) is 17.9 Å².